The Morgan fingerprint density at radius 3 is 2.46 bits per heavy atom. The Bertz CT molecular complexity index is 1390. The molecule has 1 aromatic heterocycles. The smallest absolute Gasteiger partial charge is 0.253 e. The molecule has 0 bridgehead atoms. The van der Waals surface area contributed by atoms with Gasteiger partial charge in [-0.15, -0.1) is 0 Å². The molecule has 1 aliphatic heterocycles. The molecule has 2 heterocycles. The van der Waals surface area contributed by atoms with Crippen LogP contribution in [-0.4, -0.2) is 67.0 Å². The molecule has 5 rings (SSSR count). The van der Waals surface area contributed by atoms with Crippen molar-refractivity contribution < 1.29 is 9.59 Å². The molecule has 2 amide bonds. The maximum absolute atomic E-state index is 13.5. The topological polar surface area (TPSA) is 81.7 Å². The standard InChI is InChI=1S/C30H35ClN6O2/c1-19-17-27(34-30(32-19)35(2)3)37-15-13-22(14-16-37)36(4)29(39)21-10-9-20-11-12-26(24(20)18-21)33-28(38)23-7-5-6-8-25(23)31/h5-10,17-18,22,26H,11-16H2,1-4H3,(H,33,38)/t26-/m1/s1. The fourth-order valence-corrected chi connectivity index (χ4v) is 5.74. The molecular weight excluding hydrogens is 512 g/mol. The molecule has 1 atom stereocenters. The zero-order valence-corrected chi connectivity index (χ0v) is 23.7. The van der Waals surface area contributed by atoms with Gasteiger partial charge in [0.15, 0.2) is 0 Å². The molecule has 8 nitrogen and oxygen atoms in total. The number of aryl methyl sites for hydroxylation is 2. The van der Waals surface area contributed by atoms with Crippen LogP contribution in [0, 0.1) is 6.92 Å². The number of halogens is 1. The largest absolute Gasteiger partial charge is 0.356 e. The van der Waals surface area contributed by atoms with Gasteiger partial charge >= 0.3 is 0 Å². The minimum atomic E-state index is -0.198. The Morgan fingerprint density at radius 1 is 1.00 bits per heavy atom. The Labute approximate surface area is 235 Å². The van der Waals surface area contributed by atoms with Crippen LogP contribution in [0.4, 0.5) is 11.8 Å². The second kappa shape index (κ2) is 11.2. The molecule has 204 valence electrons. The highest BCUT2D eigenvalue weighted by Gasteiger charge is 2.30. The highest BCUT2D eigenvalue weighted by Crippen LogP contribution is 2.33. The van der Waals surface area contributed by atoms with Crippen molar-refractivity contribution >= 4 is 35.2 Å². The van der Waals surface area contributed by atoms with E-state index in [4.69, 9.17) is 16.6 Å². The summed E-state index contributed by atoms with van der Waals surface area (Å²) < 4.78 is 0. The lowest BCUT2D eigenvalue weighted by molar-refractivity contribution is 0.0709. The predicted octanol–water partition coefficient (Wildman–Crippen LogP) is 4.66. The molecule has 2 aliphatic rings. The molecule has 1 fully saturated rings. The average Bonchev–Trinajstić information content (AvgIpc) is 3.33. The number of hydrogen-bond acceptors (Lipinski definition) is 6. The second-order valence-corrected chi connectivity index (χ2v) is 11.1. The minimum absolute atomic E-state index is 0.00658. The first-order valence-corrected chi connectivity index (χ1v) is 13.8. The predicted molar refractivity (Wildman–Crippen MR) is 155 cm³/mol. The zero-order chi connectivity index (χ0) is 27.7. The lowest BCUT2D eigenvalue weighted by atomic mass is 10.00. The van der Waals surface area contributed by atoms with Crippen LogP contribution in [0.2, 0.25) is 5.02 Å². The normalized spacial score (nSPS) is 17.1. The van der Waals surface area contributed by atoms with Crippen LogP contribution in [0.3, 0.4) is 0 Å². The molecule has 0 spiro atoms. The van der Waals surface area contributed by atoms with E-state index in [1.807, 2.05) is 62.1 Å². The summed E-state index contributed by atoms with van der Waals surface area (Å²) in [4.78, 5) is 41.7. The van der Waals surface area contributed by atoms with Gasteiger partial charge in [0.2, 0.25) is 5.95 Å². The van der Waals surface area contributed by atoms with Gasteiger partial charge in [-0.2, -0.15) is 4.98 Å². The number of carbonyl (C=O) groups excluding carboxylic acids is 2. The van der Waals surface area contributed by atoms with Crippen LogP contribution in [0.5, 0.6) is 0 Å². The van der Waals surface area contributed by atoms with E-state index in [-0.39, 0.29) is 23.9 Å². The molecule has 0 unspecified atom stereocenters. The Morgan fingerprint density at radius 2 is 1.74 bits per heavy atom. The fraction of sp³-hybridized carbons (Fsp3) is 0.400. The van der Waals surface area contributed by atoms with E-state index in [0.29, 0.717) is 22.1 Å². The molecule has 0 saturated carbocycles. The van der Waals surface area contributed by atoms with Crippen LogP contribution < -0.4 is 15.1 Å². The number of fused-ring (bicyclic) bond motifs is 1. The first kappa shape index (κ1) is 26.9. The van der Waals surface area contributed by atoms with E-state index < -0.39 is 0 Å². The third-order valence-electron chi connectivity index (χ3n) is 7.78. The van der Waals surface area contributed by atoms with Gasteiger partial charge < -0.3 is 20.0 Å². The maximum Gasteiger partial charge on any atom is 0.253 e. The third-order valence-corrected chi connectivity index (χ3v) is 8.11. The molecule has 2 aromatic carbocycles. The van der Waals surface area contributed by atoms with E-state index in [0.717, 1.165) is 55.8 Å². The zero-order valence-electron chi connectivity index (χ0n) is 22.9. The van der Waals surface area contributed by atoms with Gasteiger partial charge in [-0.3, -0.25) is 9.59 Å². The van der Waals surface area contributed by atoms with Crippen molar-refractivity contribution in [3.63, 3.8) is 0 Å². The maximum atomic E-state index is 13.5. The van der Waals surface area contributed by atoms with Gasteiger partial charge in [-0.05, 0) is 68.0 Å². The van der Waals surface area contributed by atoms with Crippen molar-refractivity contribution in [3.05, 3.63) is 81.5 Å². The Balaban J connectivity index is 1.24. The highest BCUT2D eigenvalue weighted by atomic mass is 35.5. The second-order valence-electron chi connectivity index (χ2n) is 10.7. The van der Waals surface area contributed by atoms with Crippen LogP contribution >= 0.6 is 11.6 Å². The van der Waals surface area contributed by atoms with Crippen molar-refractivity contribution in [1.82, 2.24) is 20.2 Å². The van der Waals surface area contributed by atoms with Gasteiger partial charge in [0.05, 0.1) is 16.6 Å². The van der Waals surface area contributed by atoms with Crippen molar-refractivity contribution in [2.75, 3.05) is 44.0 Å². The van der Waals surface area contributed by atoms with Gasteiger partial charge in [0.25, 0.3) is 11.8 Å². The Hall–Kier alpha value is -3.65. The van der Waals surface area contributed by atoms with Crippen molar-refractivity contribution in [2.45, 2.75) is 44.7 Å². The number of anilines is 2. The molecule has 1 N–H and O–H groups in total. The molecule has 1 aliphatic carbocycles. The van der Waals surface area contributed by atoms with Gasteiger partial charge in [-0.25, -0.2) is 4.98 Å². The number of rotatable bonds is 6. The first-order valence-electron chi connectivity index (χ1n) is 13.4. The Kier molecular flexibility index (Phi) is 7.75. The number of carbonyl (C=O) groups is 2. The minimum Gasteiger partial charge on any atom is -0.356 e. The number of nitrogens with one attached hydrogen (secondary N) is 1. The monoisotopic (exact) mass is 546 g/mol. The summed E-state index contributed by atoms with van der Waals surface area (Å²) in [6.45, 7) is 3.64. The first-order chi connectivity index (χ1) is 18.7. The van der Waals surface area contributed by atoms with Gasteiger partial charge in [-0.1, -0.05) is 29.8 Å². The quantitative estimate of drug-likeness (QED) is 0.484. The van der Waals surface area contributed by atoms with Crippen LogP contribution in [-0.2, 0) is 6.42 Å². The van der Waals surface area contributed by atoms with Crippen LogP contribution in [0.15, 0.2) is 48.5 Å². The summed E-state index contributed by atoms with van der Waals surface area (Å²) in [5.74, 6) is 1.45. The van der Waals surface area contributed by atoms with E-state index in [1.54, 1.807) is 24.3 Å². The van der Waals surface area contributed by atoms with Crippen molar-refractivity contribution in [3.8, 4) is 0 Å². The number of benzene rings is 2. The number of aromatic nitrogens is 2. The SMILES string of the molecule is Cc1cc(N2CCC(N(C)C(=O)c3ccc4c(c3)[C@H](NC(=O)c3ccccc3Cl)CC4)CC2)nc(N(C)C)n1. The van der Waals surface area contributed by atoms with Crippen LogP contribution in [0.1, 0.15) is 62.8 Å². The lowest BCUT2D eigenvalue weighted by Crippen LogP contribution is -2.46. The molecule has 1 saturated heterocycles. The number of hydrogen-bond donors (Lipinski definition) is 1. The fourth-order valence-electron chi connectivity index (χ4n) is 5.52. The third kappa shape index (κ3) is 5.71. The summed E-state index contributed by atoms with van der Waals surface area (Å²) in [6.07, 6.45) is 3.40. The molecule has 9 heteroatoms. The van der Waals surface area contributed by atoms with E-state index in [1.165, 1.54) is 5.56 Å². The summed E-state index contributed by atoms with van der Waals surface area (Å²) in [5.41, 5.74) is 4.24. The molecule has 39 heavy (non-hydrogen) atoms. The van der Waals surface area contributed by atoms with E-state index in [9.17, 15) is 9.59 Å². The average molecular weight is 547 g/mol. The van der Waals surface area contributed by atoms with Crippen LogP contribution in [0.25, 0.3) is 0 Å². The summed E-state index contributed by atoms with van der Waals surface area (Å²) >= 11 is 6.23. The number of piperidine rings is 1. The lowest BCUT2D eigenvalue weighted by Gasteiger charge is -2.37. The van der Waals surface area contributed by atoms with Gasteiger partial charge in [0, 0.05) is 57.6 Å². The molecule has 0 radical (unpaired) electrons. The van der Waals surface area contributed by atoms with Crippen molar-refractivity contribution in [2.24, 2.45) is 0 Å². The van der Waals surface area contributed by atoms with Gasteiger partial charge in [0.1, 0.15) is 5.82 Å². The summed E-state index contributed by atoms with van der Waals surface area (Å²) in [5, 5.41) is 3.55. The van der Waals surface area contributed by atoms with E-state index >= 15 is 0 Å². The number of amides is 2. The van der Waals surface area contributed by atoms with Crippen molar-refractivity contribution in [1.29, 1.82) is 0 Å². The summed E-state index contributed by atoms with van der Waals surface area (Å²) in [6, 6.07) is 15.0. The number of nitrogens with zero attached hydrogens (tertiary/aromatic N) is 5. The van der Waals surface area contributed by atoms with E-state index in [2.05, 4.69) is 15.2 Å². The highest BCUT2D eigenvalue weighted by molar-refractivity contribution is 6.33. The molecular formula is C30H35ClN6O2. The summed E-state index contributed by atoms with van der Waals surface area (Å²) in [7, 11) is 5.78. The molecule has 3 aromatic rings.